The lowest BCUT2D eigenvalue weighted by Gasteiger charge is -2.38. The summed E-state index contributed by atoms with van der Waals surface area (Å²) in [4.78, 5) is 15.8. The van der Waals surface area contributed by atoms with Gasteiger partial charge < -0.3 is 33.3 Å². The van der Waals surface area contributed by atoms with Gasteiger partial charge in [-0.3, -0.25) is 4.79 Å². The minimum Gasteiger partial charge on any atom is -0.493 e. The van der Waals surface area contributed by atoms with Crippen LogP contribution < -0.4 is 28.4 Å². The van der Waals surface area contributed by atoms with Crippen LogP contribution in [0.15, 0.2) is 42.5 Å². The molecule has 1 aliphatic rings. The summed E-state index contributed by atoms with van der Waals surface area (Å²) in [5, 5.41) is 0. The highest BCUT2D eigenvalue weighted by molar-refractivity contribution is 5.96. The zero-order valence-corrected chi connectivity index (χ0v) is 23.0. The highest BCUT2D eigenvalue weighted by Crippen LogP contribution is 2.41. The third-order valence-electron chi connectivity index (χ3n) is 6.78. The fourth-order valence-corrected chi connectivity index (χ4v) is 5.01. The van der Waals surface area contributed by atoms with Crippen molar-refractivity contribution in [2.24, 2.45) is 0 Å². The van der Waals surface area contributed by atoms with E-state index < -0.39 is 0 Å². The van der Waals surface area contributed by atoms with Crippen LogP contribution in [0, 0.1) is 13.8 Å². The summed E-state index contributed by atoms with van der Waals surface area (Å²) in [6.07, 6.45) is 0.659. The van der Waals surface area contributed by atoms with Gasteiger partial charge in [-0.1, -0.05) is 6.07 Å². The van der Waals surface area contributed by atoms with Crippen LogP contribution in [0.1, 0.15) is 38.7 Å². The Morgan fingerprint density at radius 1 is 0.763 bits per heavy atom. The maximum absolute atomic E-state index is 14.0. The van der Waals surface area contributed by atoms with E-state index in [0.717, 1.165) is 28.0 Å². The first-order chi connectivity index (χ1) is 18.3. The summed E-state index contributed by atoms with van der Waals surface area (Å²) in [7, 11) is 7.82. The average Bonchev–Trinajstić information content (AvgIpc) is 2.93. The first-order valence-corrected chi connectivity index (χ1v) is 12.4. The predicted molar refractivity (Wildman–Crippen MR) is 145 cm³/mol. The van der Waals surface area contributed by atoms with Gasteiger partial charge in [0.25, 0.3) is 5.91 Å². The summed E-state index contributed by atoms with van der Waals surface area (Å²) >= 11 is 0. The van der Waals surface area contributed by atoms with E-state index in [0.29, 0.717) is 47.3 Å². The van der Waals surface area contributed by atoms with Crippen LogP contribution in [-0.2, 0) is 6.42 Å². The number of aryl methyl sites for hydroxylation is 2. The molecular formula is C30H35NO7. The van der Waals surface area contributed by atoms with Gasteiger partial charge in [0.2, 0.25) is 5.75 Å². The quantitative estimate of drug-likeness (QED) is 0.385. The van der Waals surface area contributed by atoms with Crippen molar-refractivity contribution in [1.29, 1.82) is 0 Å². The van der Waals surface area contributed by atoms with Crippen molar-refractivity contribution in [1.82, 2.24) is 4.90 Å². The van der Waals surface area contributed by atoms with Gasteiger partial charge in [-0.05, 0) is 78.9 Å². The molecule has 0 bridgehead atoms. The zero-order chi connectivity index (χ0) is 27.4. The molecule has 202 valence electrons. The number of benzene rings is 3. The average molecular weight is 522 g/mol. The number of hydrogen-bond donors (Lipinski definition) is 0. The molecule has 4 rings (SSSR count). The lowest BCUT2D eigenvalue weighted by molar-refractivity contribution is 0.0588. The Morgan fingerprint density at radius 2 is 1.34 bits per heavy atom. The monoisotopic (exact) mass is 521 g/mol. The van der Waals surface area contributed by atoms with Crippen molar-refractivity contribution in [3.63, 3.8) is 0 Å². The van der Waals surface area contributed by atoms with E-state index in [2.05, 4.69) is 6.07 Å². The Balaban J connectivity index is 1.76. The molecule has 0 spiro atoms. The number of nitrogens with zero attached hydrogens (tertiary/aromatic N) is 1. The Bertz CT molecular complexity index is 1270. The molecule has 1 amide bonds. The molecule has 0 fully saturated rings. The van der Waals surface area contributed by atoms with Gasteiger partial charge in [-0.25, -0.2) is 0 Å². The highest BCUT2D eigenvalue weighted by atomic mass is 16.5. The summed E-state index contributed by atoms with van der Waals surface area (Å²) in [5.74, 6) is 3.12. The van der Waals surface area contributed by atoms with Crippen LogP contribution in [0.5, 0.6) is 34.5 Å². The molecule has 0 saturated carbocycles. The summed E-state index contributed by atoms with van der Waals surface area (Å²) in [6, 6.07) is 13.0. The van der Waals surface area contributed by atoms with Gasteiger partial charge in [-0.15, -0.1) is 0 Å². The van der Waals surface area contributed by atoms with Crippen LogP contribution in [0.2, 0.25) is 0 Å². The lowest BCUT2D eigenvalue weighted by atomic mass is 9.91. The number of methoxy groups -OCH3 is 5. The maximum Gasteiger partial charge on any atom is 0.254 e. The number of ether oxygens (including phenoxy) is 6. The molecule has 3 aromatic rings. The molecule has 0 saturated heterocycles. The molecule has 1 atom stereocenters. The number of fused-ring (bicyclic) bond motifs is 1. The normalized spacial score (nSPS) is 14.4. The van der Waals surface area contributed by atoms with Crippen molar-refractivity contribution in [2.45, 2.75) is 26.3 Å². The Kier molecular flexibility index (Phi) is 8.20. The van der Waals surface area contributed by atoms with E-state index in [1.807, 2.05) is 43.0 Å². The molecular weight excluding hydrogens is 486 g/mol. The lowest BCUT2D eigenvalue weighted by Crippen LogP contribution is -2.42. The largest absolute Gasteiger partial charge is 0.493 e. The third-order valence-corrected chi connectivity index (χ3v) is 6.78. The molecule has 8 nitrogen and oxygen atoms in total. The van der Waals surface area contributed by atoms with Gasteiger partial charge >= 0.3 is 0 Å². The van der Waals surface area contributed by atoms with Crippen LogP contribution >= 0.6 is 0 Å². The molecule has 1 aliphatic heterocycles. The van der Waals surface area contributed by atoms with E-state index in [1.165, 1.54) is 21.3 Å². The second-order valence-electron chi connectivity index (χ2n) is 9.22. The van der Waals surface area contributed by atoms with Crippen molar-refractivity contribution in [3.8, 4) is 34.5 Å². The highest BCUT2D eigenvalue weighted by Gasteiger charge is 2.34. The second kappa shape index (κ2) is 11.5. The third kappa shape index (κ3) is 5.30. The molecule has 3 aromatic carbocycles. The van der Waals surface area contributed by atoms with E-state index in [4.69, 9.17) is 28.4 Å². The van der Waals surface area contributed by atoms with Gasteiger partial charge in [0.15, 0.2) is 23.0 Å². The van der Waals surface area contributed by atoms with Gasteiger partial charge in [0.1, 0.15) is 12.4 Å². The molecule has 0 unspecified atom stereocenters. The van der Waals surface area contributed by atoms with Gasteiger partial charge in [0, 0.05) is 12.1 Å². The molecule has 38 heavy (non-hydrogen) atoms. The molecule has 0 aliphatic carbocycles. The summed E-state index contributed by atoms with van der Waals surface area (Å²) in [6.45, 7) is 4.83. The number of rotatable bonds is 9. The van der Waals surface area contributed by atoms with Crippen LogP contribution in [-0.4, -0.2) is 59.5 Å². The van der Waals surface area contributed by atoms with Crippen LogP contribution in [0.4, 0.5) is 0 Å². The topological polar surface area (TPSA) is 75.7 Å². The van der Waals surface area contributed by atoms with Crippen LogP contribution in [0.3, 0.4) is 0 Å². The van der Waals surface area contributed by atoms with Crippen LogP contribution in [0.25, 0.3) is 0 Å². The Morgan fingerprint density at radius 3 is 1.89 bits per heavy atom. The predicted octanol–water partition coefficient (Wildman–Crippen LogP) is 5.17. The fraction of sp³-hybridized carbons (Fsp3) is 0.367. The number of carbonyl (C=O) groups excluding carboxylic acids is 1. The minimum atomic E-state index is -0.369. The summed E-state index contributed by atoms with van der Waals surface area (Å²) < 4.78 is 33.9. The van der Waals surface area contributed by atoms with E-state index >= 15 is 0 Å². The van der Waals surface area contributed by atoms with Gasteiger partial charge in [0.05, 0.1) is 41.6 Å². The first-order valence-electron chi connectivity index (χ1n) is 12.4. The number of amides is 1. The van der Waals surface area contributed by atoms with Crippen molar-refractivity contribution in [3.05, 3.63) is 70.3 Å². The summed E-state index contributed by atoms with van der Waals surface area (Å²) in [5.41, 5.74) is 4.70. The molecule has 0 N–H and O–H groups in total. The molecule has 0 aromatic heterocycles. The number of carbonyl (C=O) groups is 1. The smallest absolute Gasteiger partial charge is 0.254 e. The standard InChI is InChI=1S/C30H35NO7/c1-18-10-19(2)12-22(11-18)38-17-24-23-16-26(34-4)25(33-3)13-20(23)8-9-31(24)30(32)21-14-27(35-5)29(37-7)28(15-21)36-6/h10-16,24H,8-9,17H2,1-7H3/t24-/m1/s1. The SMILES string of the molecule is COc1cc2c(cc1OC)[C@@H](COc1cc(C)cc(C)c1)N(C(=O)c1cc(OC)c(OC)c(OC)c1)CC2. The van der Waals surface area contributed by atoms with Gasteiger partial charge in [-0.2, -0.15) is 0 Å². The molecule has 8 heteroatoms. The maximum atomic E-state index is 14.0. The fourth-order valence-electron chi connectivity index (χ4n) is 5.01. The zero-order valence-electron chi connectivity index (χ0n) is 23.0. The van der Waals surface area contributed by atoms with Crippen molar-refractivity contribution >= 4 is 5.91 Å². The molecule has 1 heterocycles. The van der Waals surface area contributed by atoms with Crippen molar-refractivity contribution in [2.75, 3.05) is 48.7 Å². The van der Waals surface area contributed by atoms with E-state index in [9.17, 15) is 4.79 Å². The van der Waals surface area contributed by atoms with E-state index in [-0.39, 0.29) is 18.6 Å². The second-order valence-corrected chi connectivity index (χ2v) is 9.22. The Labute approximate surface area is 224 Å². The first kappa shape index (κ1) is 27.0. The Hall–Kier alpha value is -4.07. The number of hydrogen-bond acceptors (Lipinski definition) is 7. The minimum absolute atomic E-state index is 0.168. The molecule has 0 radical (unpaired) electrons. The van der Waals surface area contributed by atoms with Crippen molar-refractivity contribution < 1.29 is 33.2 Å². The van der Waals surface area contributed by atoms with E-state index in [1.54, 1.807) is 26.4 Å².